The quantitative estimate of drug-likeness (QED) is 0.551. The summed E-state index contributed by atoms with van der Waals surface area (Å²) in [6.07, 6.45) is 5.78. The van der Waals surface area contributed by atoms with E-state index in [1.54, 1.807) is 48.6 Å². The molecule has 1 aliphatic carbocycles. The second-order valence-corrected chi connectivity index (χ2v) is 7.52. The Morgan fingerprint density at radius 3 is 2.30 bits per heavy atom. The molecule has 30 heavy (non-hydrogen) atoms. The Bertz CT molecular complexity index is 1190. The van der Waals surface area contributed by atoms with Gasteiger partial charge in [0.05, 0.1) is 17.2 Å². The fourth-order valence-electron chi connectivity index (χ4n) is 3.86. The molecule has 3 heterocycles. The summed E-state index contributed by atoms with van der Waals surface area (Å²) in [6.45, 7) is 0. The van der Waals surface area contributed by atoms with Gasteiger partial charge in [-0.1, -0.05) is 29.4 Å². The number of nitrogens with two attached hydrogens (primary N) is 1. The lowest BCUT2D eigenvalue weighted by Crippen LogP contribution is -2.50. The number of alkyl halides is 2. The third-order valence-electron chi connectivity index (χ3n) is 5.37. The lowest BCUT2D eigenvalue weighted by molar-refractivity contribution is -0.116. The zero-order valence-electron chi connectivity index (χ0n) is 16.0. The maximum absolute atomic E-state index is 14.0. The van der Waals surface area contributed by atoms with E-state index in [9.17, 15) is 8.78 Å². The Kier molecular flexibility index (Phi) is 3.92. The molecule has 1 aliphatic rings. The molecule has 1 fully saturated rings. The summed E-state index contributed by atoms with van der Waals surface area (Å²) in [6, 6.07) is 7.29. The Morgan fingerprint density at radius 2 is 1.70 bits per heavy atom. The number of anilines is 1. The molecule has 5 rings (SSSR count). The molecule has 10 heteroatoms. The van der Waals surface area contributed by atoms with Gasteiger partial charge in [-0.05, 0) is 11.1 Å². The predicted molar refractivity (Wildman–Crippen MR) is 103 cm³/mol. The van der Waals surface area contributed by atoms with Crippen LogP contribution in [0.5, 0.6) is 0 Å². The Morgan fingerprint density at radius 1 is 1.00 bits per heavy atom. The molecule has 1 aromatic carbocycles. The second kappa shape index (κ2) is 6.41. The molecule has 8 nitrogen and oxygen atoms in total. The average Bonchev–Trinajstić information content (AvgIpc) is 3.36. The van der Waals surface area contributed by atoms with Crippen LogP contribution in [0.2, 0.25) is 0 Å². The van der Waals surface area contributed by atoms with Gasteiger partial charge in [-0.15, -0.1) is 0 Å². The first-order valence-electron chi connectivity index (χ1n) is 9.24. The number of aryl methyl sites for hydroxylation is 1. The molecule has 0 bridgehead atoms. The van der Waals surface area contributed by atoms with Gasteiger partial charge in [-0.25, -0.2) is 18.7 Å². The Balaban J connectivity index is 1.50. The van der Waals surface area contributed by atoms with E-state index in [-0.39, 0.29) is 30.5 Å². The van der Waals surface area contributed by atoms with Crippen LogP contribution >= 0.6 is 0 Å². The first-order chi connectivity index (χ1) is 14.3. The summed E-state index contributed by atoms with van der Waals surface area (Å²) in [5.74, 6) is -2.09. The molecule has 3 aromatic heterocycles. The van der Waals surface area contributed by atoms with Crippen molar-refractivity contribution >= 4 is 5.95 Å². The molecule has 0 spiro atoms. The van der Waals surface area contributed by atoms with Gasteiger partial charge in [0.2, 0.25) is 5.95 Å². The van der Waals surface area contributed by atoms with Gasteiger partial charge < -0.3 is 10.3 Å². The first-order valence-corrected chi connectivity index (χ1v) is 9.24. The second-order valence-electron chi connectivity index (χ2n) is 7.52. The van der Waals surface area contributed by atoms with Crippen molar-refractivity contribution in [3.8, 4) is 22.6 Å². The van der Waals surface area contributed by atoms with Crippen LogP contribution in [0, 0.1) is 0 Å². The molecule has 0 amide bonds. The predicted octanol–water partition coefficient (Wildman–Crippen LogP) is 3.22. The van der Waals surface area contributed by atoms with E-state index in [1.165, 1.54) is 0 Å². The molecule has 0 saturated heterocycles. The maximum atomic E-state index is 14.0. The molecule has 0 unspecified atom stereocenters. The van der Waals surface area contributed by atoms with E-state index >= 15 is 0 Å². The summed E-state index contributed by atoms with van der Waals surface area (Å²) in [5.41, 5.74) is 7.48. The highest BCUT2D eigenvalue weighted by Crippen LogP contribution is 2.56. The van der Waals surface area contributed by atoms with Gasteiger partial charge in [0, 0.05) is 44.0 Å². The van der Waals surface area contributed by atoms with Crippen LogP contribution in [0.25, 0.3) is 22.6 Å². The molecule has 0 radical (unpaired) electrons. The standard InChI is InChI=1S/C20H17F2N7O/c1-29-9-14(8-26-29)16-27-17(28-30-16)19(10-20(21,22)11-19)15-4-2-12(3-5-15)13-6-24-18(23)25-7-13/h2-9H,10-11H2,1H3,(H2,23,24,25). The van der Waals surface area contributed by atoms with Gasteiger partial charge in [0.15, 0.2) is 5.82 Å². The monoisotopic (exact) mass is 409 g/mol. The number of nitrogens with zero attached hydrogens (tertiary/aromatic N) is 6. The van der Waals surface area contributed by atoms with E-state index in [0.717, 1.165) is 11.1 Å². The smallest absolute Gasteiger partial charge is 0.261 e. The minimum absolute atomic E-state index is 0.188. The van der Waals surface area contributed by atoms with E-state index in [2.05, 4.69) is 25.2 Å². The molecule has 0 atom stereocenters. The van der Waals surface area contributed by atoms with Gasteiger partial charge in [-0.2, -0.15) is 10.1 Å². The molecule has 0 aliphatic heterocycles. The van der Waals surface area contributed by atoms with Crippen molar-refractivity contribution < 1.29 is 13.3 Å². The van der Waals surface area contributed by atoms with E-state index < -0.39 is 11.3 Å². The van der Waals surface area contributed by atoms with Crippen LogP contribution < -0.4 is 5.73 Å². The number of halogens is 2. The number of nitrogen functional groups attached to an aromatic ring is 1. The molecule has 4 aromatic rings. The molecule has 2 N–H and O–H groups in total. The highest BCUT2D eigenvalue weighted by atomic mass is 19.3. The van der Waals surface area contributed by atoms with E-state index in [1.807, 2.05) is 12.1 Å². The van der Waals surface area contributed by atoms with Crippen LogP contribution in [0.4, 0.5) is 14.7 Å². The maximum Gasteiger partial charge on any atom is 0.261 e. The van der Waals surface area contributed by atoms with Crippen molar-refractivity contribution in [1.29, 1.82) is 0 Å². The number of hydrogen-bond donors (Lipinski definition) is 1. The lowest BCUT2D eigenvalue weighted by Gasteiger charge is -2.45. The zero-order valence-corrected chi connectivity index (χ0v) is 16.0. The van der Waals surface area contributed by atoms with Gasteiger partial charge in [0.25, 0.3) is 11.8 Å². The zero-order chi connectivity index (χ0) is 20.9. The normalized spacial score (nSPS) is 16.9. The molecule has 1 saturated carbocycles. The van der Waals surface area contributed by atoms with Gasteiger partial charge in [-0.3, -0.25) is 4.68 Å². The highest BCUT2D eigenvalue weighted by Gasteiger charge is 2.60. The third-order valence-corrected chi connectivity index (χ3v) is 5.37. The summed E-state index contributed by atoms with van der Waals surface area (Å²) in [4.78, 5) is 12.4. The number of aromatic nitrogens is 6. The third kappa shape index (κ3) is 3.00. The minimum atomic E-state index is -2.78. The number of benzene rings is 1. The van der Waals surface area contributed by atoms with Crippen molar-refractivity contribution in [2.24, 2.45) is 7.05 Å². The average molecular weight is 409 g/mol. The van der Waals surface area contributed by atoms with Crippen molar-refractivity contribution in [3.05, 3.63) is 60.4 Å². The minimum Gasteiger partial charge on any atom is -0.368 e. The Labute approximate surface area is 169 Å². The molecular formula is C20H17F2N7O. The number of rotatable bonds is 4. The summed E-state index contributed by atoms with van der Waals surface area (Å²) < 4.78 is 34.9. The summed E-state index contributed by atoms with van der Waals surface area (Å²) in [5, 5.41) is 8.11. The van der Waals surface area contributed by atoms with Crippen molar-refractivity contribution in [2.75, 3.05) is 5.73 Å². The Hall–Kier alpha value is -3.69. The number of hydrogen-bond acceptors (Lipinski definition) is 7. The van der Waals surface area contributed by atoms with Crippen LogP contribution in [0.3, 0.4) is 0 Å². The lowest BCUT2D eigenvalue weighted by atomic mass is 9.61. The van der Waals surface area contributed by atoms with Crippen LogP contribution in [-0.4, -0.2) is 35.8 Å². The first kappa shape index (κ1) is 18.3. The van der Waals surface area contributed by atoms with E-state index in [0.29, 0.717) is 11.1 Å². The van der Waals surface area contributed by atoms with Gasteiger partial charge >= 0.3 is 0 Å². The molecule has 152 valence electrons. The SMILES string of the molecule is Cn1cc(-c2nc(C3(c4ccc(-c5cnc(N)nc5)cc4)CC(F)(F)C3)no2)cn1. The van der Waals surface area contributed by atoms with Crippen LogP contribution in [0.1, 0.15) is 24.2 Å². The van der Waals surface area contributed by atoms with Crippen LogP contribution in [-0.2, 0) is 12.5 Å². The fourth-order valence-corrected chi connectivity index (χ4v) is 3.86. The summed E-state index contributed by atoms with van der Waals surface area (Å²) in [7, 11) is 1.77. The summed E-state index contributed by atoms with van der Waals surface area (Å²) >= 11 is 0. The highest BCUT2D eigenvalue weighted by molar-refractivity contribution is 5.63. The van der Waals surface area contributed by atoms with E-state index in [4.69, 9.17) is 10.3 Å². The van der Waals surface area contributed by atoms with Crippen LogP contribution in [0.15, 0.2) is 53.6 Å². The topological polar surface area (TPSA) is 109 Å². The van der Waals surface area contributed by atoms with Crippen molar-refractivity contribution in [1.82, 2.24) is 29.9 Å². The largest absolute Gasteiger partial charge is 0.368 e. The van der Waals surface area contributed by atoms with Gasteiger partial charge in [0.1, 0.15) is 0 Å². The fraction of sp³-hybridized carbons (Fsp3) is 0.250. The van der Waals surface area contributed by atoms with Crippen molar-refractivity contribution in [2.45, 2.75) is 24.2 Å². The molecular weight excluding hydrogens is 392 g/mol. The van der Waals surface area contributed by atoms with Crippen molar-refractivity contribution in [3.63, 3.8) is 0 Å².